The van der Waals surface area contributed by atoms with Gasteiger partial charge in [-0.25, -0.2) is 0 Å². The minimum absolute atomic E-state index is 0.144. The van der Waals surface area contributed by atoms with Gasteiger partial charge in [-0.05, 0) is 48.4 Å². The lowest BCUT2D eigenvalue weighted by atomic mass is 9.92. The van der Waals surface area contributed by atoms with Crippen LogP contribution in [0.2, 0.25) is 0 Å². The van der Waals surface area contributed by atoms with E-state index in [0.717, 1.165) is 31.0 Å². The standard InChI is InChI=1S/C33H26BrN3O3S/c1-22-12-17-27(18-13-22)41(39,40)37-26(16-14-23-8-4-2-5-9-23)21-30(36-37)32-31(24-10-6-3-7-11-24)28-20-25(34)15-19-29(28)35-33(32)38/h2-20,26H,21H2,1H3,(H,35,38)/b16-14+. The summed E-state index contributed by atoms with van der Waals surface area (Å²) in [5.41, 5.74) is 4.58. The number of H-pyrrole nitrogens is 1. The van der Waals surface area contributed by atoms with Crippen LogP contribution in [0.3, 0.4) is 0 Å². The third kappa shape index (κ3) is 5.28. The number of hydrogen-bond donors (Lipinski definition) is 1. The van der Waals surface area contributed by atoms with E-state index in [1.807, 2.05) is 97.9 Å². The quantitative estimate of drug-likeness (QED) is 0.218. The molecule has 41 heavy (non-hydrogen) atoms. The average molecular weight is 625 g/mol. The first-order valence-electron chi connectivity index (χ1n) is 13.1. The van der Waals surface area contributed by atoms with E-state index in [4.69, 9.17) is 0 Å². The van der Waals surface area contributed by atoms with Crippen LogP contribution in [0.1, 0.15) is 23.1 Å². The van der Waals surface area contributed by atoms with Crippen molar-refractivity contribution in [1.29, 1.82) is 0 Å². The molecule has 1 unspecified atom stereocenters. The highest BCUT2D eigenvalue weighted by Crippen LogP contribution is 2.35. The fraction of sp³-hybridized carbons (Fsp3) is 0.0909. The van der Waals surface area contributed by atoms with Crippen molar-refractivity contribution in [1.82, 2.24) is 9.40 Å². The number of nitrogens with zero attached hydrogens (tertiary/aromatic N) is 2. The molecule has 204 valence electrons. The maximum atomic E-state index is 13.9. The van der Waals surface area contributed by atoms with Crippen molar-refractivity contribution in [3.63, 3.8) is 0 Å². The summed E-state index contributed by atoms with van der Waals surface area (Å²) in [4.78, 5) is 16.9. The monoisotopic (exact) mass is 623 g/mol. The minimum atomic E-state index is -4.01. The highest BCUT2D eigenvalue weighted by Gasteiger charge is 2.37. The first kappa shape index (κ1) is 26.9. The van der Waals surface area contributed by atoms with Gasteiger partial charge in [0.2, 0.25) is 0 Å². The molecule has 1 atom stereocenters. The fourth-order valence-corrected chi connectivity index (χ4v) is 6.85. The first-order chi connectivity index (χ1) is 19.8. The zero-order valence-electron chi connectivity index (χ0n) is 22.2. The van der Waals surface area contributed by atoms with E-state index in [0.29, 0.717) is 22.4 Å². The SMILES string of the molecule is Cc1ccc(S(=O)(=O)N2N=C(c3c(-c4ccccc4)c4cc(Br)ccc4[nH]c3=O)CC2/C=C/c2ccccc2)cc1. The largest absolute Gasteiger partial charge is 0.321 e. The molecule has 0 spiro atoms. The Bertz CT molecular complexity index is 1970. The zero-order chi connectivity index (χ0) is 28.6. The van der Waals surface area contributed by atoms with Crippen LogP contribution in [0.15, 0.2) is 128 Å². The van der Waals surface area contributed by atoms with Crippen molar-refractivity contribution in [3.05, 3.63) is 141 Å². The number of hydrogen-bond acceptors (Lipinski definition) is 4. The lowest BCUT2D eigenvalue weighted by Crippen LogP contribution is -2.31. The Morgan fingerprint density at radius 1 is 0.902 bits per heavy atom. The summed E-state index contributed by atoms with van der Waals surface area (Å²) in [6.07, 6.45) is 3.96. The van der Waals surface area contributed by atoms with Crippen LogP contribution < -0.4 is 5.56 Å². The normalized spacial score (nSPS) is 15.5. The fourth-order valence-electron chi connectivity index (χ4n) is 5.09. The maximum Gasteiger partial charge on any atom is 0.279 e. The van der Waals surface area contributed by atoms with Crippen molar-refractivity contribution in [2.75, 3.05) is 0 Å². The Labute approximate surface area is 246 Å². The molecule has 2 heterocycles. The molecule has 0 saturated heterocycles. The van der Waals surface area contributed by atoms with Gasteiger partial charge >= 0.3 is 0 Å². The number of aryl methyl sites for hydroxylation is 1. The Hall–Kier alpha value is -4.27. The average Bonchev–Trinajstić information content (AvgIpc) is 3.41. The number of hydrazone groups is 1. The summed E-state index contributed by atoms with van der Waals surface area (Å²) in [5.74, 6) is 0. The second-order valence-electron chi connectivity index (χ2n) is 9.94. The molecule has 1 aromatic heterocycles. The van der Waals surface area contributed by atoms with Gasteiger partial charge in [-0.1, -0.05) is 106 Å². The van der Waals surface area contributed by atoms with Gasteiger partial charge in [-0.3, -0.25) is 4.79 Å². The Balaban J connectivity index is 1.55. The Morgan fingerprint density at radius 3 is 2.29 bits per heavy atom. The number of nitrogens with one attached hydrogen (secondary N) is 1. The number of fused-ring (bicyclic) bond motifs is 1. The van der Waals surface area contributed by atoms with Crippen molar-refractivity contribution in [2.45, 2.75) is 24.3 Å². The molecule has 6 rings (SSSR count). The summed E-state index contributed by atoms with van der Waals surface area (Å²) >= 11 is 3.57. The molecule has 6 nitrogen and oxygen atoms in total. The molecule has 1 aliphatic heterocycles. The van der Waals surface area contributed by atoms with Crippen molar-refractivity contribution < 1.29 is 8.42 Å². The number of benzene rings is 4. The smallest absolute Gasteiger partial charge is 0.279 e. The molecule has 0 saturated carbocycles. The van der Waals surface area contributed by atoms with Crippen molar-refractivity contribution in [3.8, 4) is 11.1 Å². The summed E-state index contributed by atoms with van der Waals surface area (Å²) in [6.45, 7) is 1.91. The van der Waals surface area contributed by atoms with Gasteiger partial charge in [0, 0.05) is 27.4 Å². The van der Waals surface area contributed by atoms with Crippen LogP contribution in [-0.4, -0.2) is 29.6 Å². The minimum Gasteiger partial charge on any atom is -0.321 e. The highest BCUT2D eigenvalue weighted by atomic mass is 79.9. The predicted molar refractivity (Wildman–Crippen MR) is 168 cm³/mol. The molecule has 0 fully saturated rings. The molecule has 0 bridgehead atoms. The highest BCUT2D eigenvalue weighted by molar-refractivity contribution is 9.10. The van der Waals surface area contributed by atoms with E-state index < -0.39 is 16.1 Å². The van der Waals surface area contributed by atoms with Crippen LogP contribution in [-0.2, 0) is 10.0 Å². The predicted octanol–water partition coefficient (Wildman–Crippen LogP) is 7.15. The van der Waals surface area contributed by atoms with E-state index in [1.165, 1.54) is 0 Å². The van der Waals surface area contributed by atoms with Gasteiger partial charge in [0.25, 0.3) is 15.6 Å². The molecule has 5 aromatic rings. The Morgan fingerprint density at radius 2 is 1.59 bits per heavy atom. The van der Waals surface area contributed by atoms with Gasteiger partial charge in [0.15, 0.2) is 0 Å². The van der Waals surface area contributed by atoms with Crippen LogP contribution in [0, 0.1) is 6.92 Å². The van der Waals surface area contributed by atoms with Gasteiger partial charge < -0.3 is 4.98 Å². The molecule has 0 radical (unpaired) electrons. The van der Waals surface area contributed by atoms with E-state index in [2.05, 4.69) is 26.0 Å². The second kappa shape index (κ2) is 11.0. The van der Waals surface area contributed by atoms with E-state index in [9.17, 15) is 13.2 Å². The van der Waals surface area contributed by atoms with Crippen molar-refractivity contribution >= 4 is 48.6 Å². The maximum absolute atomic E-state index is 13.9. The number of aromatic nitrogens is 1. The van der Waals surface area contributed by atoms with Crippen LogP contribution in [0.5, 0.6) is 0 Å². The van der Waals surface area contributed by atoms with Crippen LogP contribution in [0.25, 0.3) is 28.1 Å². The molecule has 0 amide bonds. The summed E-state index contributed by atoms with van der Waals surface area (Å²) in [7, 11) is -4.01. The summed E-state index contributed by atoms with van der Waals surface area (Å²) in [5, 5.41) is 5.51. The number of rotatable bonds is 6. The van der Waals surface area contributed by atoms with E-state index >= 15 is 0 Å². The molecular weight excluding hydrogens is 598 g/mol. The molecule has 1 aliphatic rings. The van der Waals surface area contributed by atoms with Gasteiger partial charge in [0.1, 0.15) is 0 Å². The second-order valence-corrected chi connectivity index (χ2v) is 12.6. The number of halogens is 1. The number of pyridine rings is 1. The van der Waals surface area contributed by atoms with Crippen LogP contribution >= 0.6 is 15.9 Å². The number of sulfonamides is 1. The van der Waals surface area contributed by atoms with Gasteiger partial charge in [-0.2, -0.15) is 17.9 Å². The van der Waals surface area contributed by atoms with E-state index in [-0.39, 0.29) is 16.9 Å². The lowest BCUT2D eigenvalue weighted by Gasteiger charge is -2.20. The summed E-state index contributed by atoms with van der Waals surface area (Å²) < 4.78 is 29.9. The Kier molecular flexibility index (Phi) is 7.19. The molecule has 1 N–H and O–H groups in total. The zero-order valence-corrected chi connectivity index (χ0v) is 24.6. The number of aromatic amines is 1. The summed E-state index contributed by atoms with van der Waals surface area (Å²) in [6, 6.07) is 31.1. The topological polar surface area (TPSA) is 82.6 Å². The first-order valence-corrected chi connectivity index (χ1v) is 15.4. The van der Waals surface area contributed by atoms with Gasteiger partial charge in [0.05, 0.1) is 22.2 Å². The third-order valence-electron chi connectivity index (χ3n) is 7.11. The van der Waals surface area contributed by atoms with Crippen LogP contribution in [0.4, 0.5) is 0 Å². The molecule has 4 aromatic carbocycles. The third-order valence-corrected chi connectivity index (χ3v) is 9.31. The lowest BCUT2D eigenvalue weighted by molar-refractivity contribution is 0.410. The molecule has 8 heteroatoms. The molecular formula is C33H26BrN3O3S. The molecule has 0 aliphatic carbocycles. The van der Waals surface area contributed by atoms with Gasteiger partial charge in [-0.15, -0.1) is 0 Å². The van der Waals surface area contributed by atoms with Crippen molar-refractivity contribution in [2.24, 2.45) is 5.10 Å². The van der Waals surface area contributed by atoms with E-state index in [1.54, 1.807) is 24.3 Å².